The zero-order valence-electron chi connectivity index (χ0n) is 12.9. The Morgan fingerprint density at radius 2 is 2.21 bits per heavy atom. The van der Waals surface area contributed by atoms with E-state index in [1.165, 1.54) is 30.7 Å². The molecule has 3 nitrogen and oxygen atoms in total. The number of likely N-dealkylation sites (N-methyl/N-ethyl adjacent to an activating group) is 1. The number of rotatable bonds is 6. The molecule has 0 aromatic carbocycles. The number of aryl methyl sites for hydroxylation is 2. The van der Waals surface area contributed by atoms with Gasteiger partial charge in [-0.15, -0.1) is 0 Å². The van der Waals surface area contributed by atoms with E-state index in [4.69, 9.17) is 0 Å². The van der Waals surface area contributed by atoms with Crippen molar-refractivity contribution < 1.29 is 0 Å². The highest BCUT2D eigenvalue weighted by atomic mass is 15.3. The van der Waals surface area contributed by atoms with Gasteiger partial charge in [-0.3, -0.25) is 4.68 Å². The minimum Gasteiger partial charge on any atom is -0.314 e. The van der Waals surface area contributed by atoms with E-state index < -0.39 is 0 Å². The molecule has 1 aliphatic carbocycles. The van der Waals surface area contributed by atoms with Gasteiger partial charge in [-0.2, -0.15) is 5.10 Å². The molecule has 0 saturated heterocycles. The number of hydrogen-bond donors (Lipinski definition) is 1. The number of nitrogens with zero attached hydrogens (tertiary/aromatic N) is 2. The first kappa shape index (κ1) is 14.6. The topological polar surface area (TPSA) is 29.9 Å². The molecule has 0 amide bonds. The van der Waals surface area contributed by atoms with Crippen LogP contribution in [0.15, 0.2) is 6.07 Å². The molecule has 1 fully saturated rings. The van der Waals surface area contributed by atoms with Gasteiger partial charge in [0.2, 0.25) is 0 Å². The maximum atomic E-state index is 4.57. The molecule has 0 spiro atoms. The van der Waals surface area contributed by atoms with E-state index in [1.807, 2.05) is 0 Å². The SMILES string of the molecule is CCNC(Cc1cc(CC)nn1C)C1CCC(C)C1. The highest BCUT2D eigenvalue weighted by Crippen LogP contribution is 2.33. The Labute approximate surface area is 117 Å². The molecule has 1 N–H and O–H groups in total. The van der Waals surface area contributed by atoms with Gasteiger partial charge in [0.15, 0.2) is 0 Å². The summed E-state index contributed by atoms with van der Waals surface area (Å²) in [5.74, 6) is 1.75. The summed E-state index contributed by atoms with van der Waals surface area (Å²) in [6, 6.07) is 2.90. The fourth-order valence-corrected chi connectivity index (χ4v) is 3.44. The normalized spacial score (nSPS) is 24.8. The summed E-state index contributed by atoms with van der Waals surface area (Å²) in [5.41, 5.74) is 2.59. The molecule has 3 heteroatoms. The van der Waals surface area contributed by atoms with Crippen LogP contribution >= 0.6 is 0 Å². The second-order valence-corrected chi connectivity index (χ2v) is 6.15. The second kappa shape index (κ2) is 6.56. The molecule has 3 unspecified atom stereocenters. The molecular weight excluding hydrogens is 234 g/mol. The van der Waals surface area contributed by atoms with E-state index in [1.54, 1.807) is 0 Å². The summed E-state index contributed by atoms with van der Waals surface area (Å²) in [6.07, 6.45) is 6.32. The lowest BCUT2D eigenvalue weighted by Gasteiger charge is -2.24. The monoisotopic (exact) mass is 263 g/mol. The van der Waals surface area contributed by atoms with Gasteiger partial charge < -0.3 is 5.32 Å². The average molecular weight is 263 g/mol. The summed E-state index contributed by atoms with van der Waals surface area (Å²) < 4.78 is 2.07. The summed E-state index contributed by atoms with van der Waals surface area (Å²) in [5, 5.41) is 8.28. The van der Waals surface area contributed by atoms with E-state index in [9.17, 15) is 0 Å². The van der Waals surface area contributed by atoms with Crippen molar-refractivity contribution in [1.29, 1.82) is 0 Å². The molecule has 108 valence electrons. The molecule has 0 bridgehead atoms. The molecule has 1 aromatic heterocycles. The molecule has 1 heterocycles. The Morgan fingerprint density at radius 1 is 1.42 bits per heavy atom. The Morgan fingerprint density at radius 3 is 2.74 bits per heavy atom. The molecular formula is C16H29N3. The van der Waals surface area contributed by atoms with Crippen LogP contribution in [-0.2, 0) is 19.9 Å². The van der Waals surface area contributed by atoms with E-state index in [0.29, 0.717) is 6.04 Å². The van der Waals surface area contributed by atoms with Crippen LogP contribution in [0.2, 0.25) is 0 Å². The molecule has 1 aliphatic rings. The van der Waals surface area contributed by atoms with E-state index >= 15 is 0 Å². The first-order valence-electron chi connectivity index (χ1n) is 7.89. The Bertz CT molecular complexity index is 397. The molecule has 0 aliphatic heterocycles. The molecule has 2 rings (SSSR count). The van der Waals surface area contributed by atoms with Gasteiger partial charge in [0.25, 0.3) is 0 Å². The van der Waals surface area contributed by atoms with Crippen molar-refractivity contribution in [1.82, 2.24) is 15.1 Å². The third kappa shape index (κ3) is 3.59. The van der Waals surface area contributed by atoms with Gasteiger partial charge in [-0.1, -0.05) is 27.2 Å². The highest BCUT2D eigenvalue weighted by molar-refractivity contribution is 5.12. The van der Waals surface area contributed by atoms with Crippen molar-refractivity contribution in [2.45, 2.75) is 58.9 Å². The van der Waals surface area contributed by atoms with E-state index in [2.05, 4.69) is 49.0 Å². The number of nitrogens with one attached hydrogen (secondary N) is 1. The van der Waals surface area contributed by atoms with Crippen LogP contribution in [0.5, 0.6) is 0 Å². The lowest BCUT2D eigenvalue weighted by atomic mass is 9.93. The fourth-order valence-electron chi connectivity index (χ4n) is 3.44. The zero-order chi connectivity index (χ0) is 13.8. The summed E-state index contributed by atoms with van der Waals surface area (Å²) in [4.78, 5) is 0. The number of hydrogen-bond acceptors (Lipinski definition) is 2. The Hall–Kier alpha value is -0.830. The van der Waals surface area contributed by atoms with Crippen molar-refractivity contribution in [3.63, 3.8) is 0 Å². The van der Waals surface area contributed by atoms with Crippen molar-refractivity contribution in [2.24, 2.45) is 18.9 Å². The van der Waals surface area contributed by atoms with Gasteiger partial charge in [-0.05, 0) is 43.7 Å². The van der Waals surface area contributed by atoms with E-state index in [-0.39, 0.29) is 0 Å². The molecule has 0 radical (unpaired) electrons. The van der Waals surface area contributed by atoms with Gasteiger partial charge in [0, 0.05) is 25.2 Å². The van der Waals surface area contributed by atoms with Gasteiger partial charge in [0.1, 0.15) is 0 Å². The van der Waals surface area contributed by atoms with Gasteiger partial charge in [0.05, 0.1) is 5.69 Å². The van der Waals surface area contributed by atoms with Crippen LogP contribution in [0.4, 0.5) is 0 Å². The largest absolute Gasteiger partial charge is 0.314 e. The molecule has 19 heavy (non-hydrogen) atoms. The van der Waals surface area contributed by atoms with Crippen LogP contribution in [0, 0.1) is 11.8 Å². The van der Waals surface area contributed by atoms with Crippen LogP contribution in [-0.4, -0.2) is 22.4 Å². The smallest absolute Gasteiger partial charge is 0.0624 e. The predicted molar refractivity (Wildman–Crippen MR) is 80.3 cm³/mol. The lowest BCUT2D eigenvalue weighted by molar-refractivity contribution is 0.348. The summed E-state index contributed by atoms with van der Waals surface area (Å²) in [7, 11) is 2.08. The average Bonchev–Trinajstić information content (AvgIpc) is 2.96. The molecule has 1 saturated carbocycles. The van der Waals surface area contributed by atoms with Crippen molar-refractivity contribution in [3.05, 3.63) is 17.5 Å². The Balaban J connectivity index is 2.05. The van der Waals surface area contributed by atoms with E-state index in [0.717, 1.165) is 31.2 Å². The minimum absolute atomic E-state index is 0.620. The van der Waals surface area contributed by atoms with Crippen molar-refractivity contribution >= 4 is 0 Å². The van der Waals surface area contributed by atoms with Crippen LogP contribution < -0.4 is 5.32 Å². The first-order valence-corrected chi connectivity index (χ1v) is 7.89. The number of aromatic nitrogens is 2. The molecule has 3 atom stereocenters. The standard InChI is InChI=1S/C16H29N3/c1-5-14-10-15(19(4)18-14)11-16(17-6-2)13-8-7-12(3)9-13/h10,12-13,16-17H,5-9,11H2,1-4H3. The van der Waals surface area contributed by atoms with Gasteiger partial charge >= 0.3 is 0 Å². The highest BCUT2D eigenvalue weighted by Gasteiger charge is 2.29. The minimum atomic E-state index is 0.620. The van der Waals surface area contributed by atoms with Crippen LogP contribution in [0.3, 0.4) is 0 Å². The van der Waals surface area contributed by atoms with Crippen molar-refractivity contribution in [2.75, 3.05) is 6.54 Å². The summed E-state index contributed by atoms with van der Waals surface area (Å²) >= 11 is 0. The van der Waals surface area contributed by atoms with Crippen LogP contribution in [0.25, 0.3) is 0 Å². The second-order valence-electron chi connectivity index (χ2n) is 6.15. The Kier molecular flexibility index (Phi) is 5.03. The zero-order valence-corrected chi connectivity index (χ0v) is 12.9. The third-order valence-corrected chi connectivity index (χ3v) is 4.59. The molecule has 1 aromatic rings. The summed E-state index contributed by atoms with van der Waals surface area (Å²) in [6.45, 7) is 7.84. The maximum absolute atomic E-state index is 4.57. The first-order chi connectivity index (χ1) is 9.13. The van der Waals surface area contributed by atoms with Gasteiger partial charge in [-0.25, -0.2) is 0 Å². The van der Waals surface area contributed by atoms with Crippen LogP contribution in [0.1, 0.15) is 51.4 Å². The fraction of sp³-hybridized carbons (Fsp3) is 0.812. The lowest BCUT2D eigenvalue weighted by Crippen LogP contribution is -2.37. The maximum Gasteiger partial charge on any atom is 0.0624 e. The quantitative estimate of drug-likeness (QED) is 0.855. The predicted octanol–water partition coefficient (Wildman–Crippen LogP) is 2.94. The third-order valence-electron chi connectivity index (χ3n) is 4.59. The van der Waals surface area contributed by atoms with Crippen molar-refractivity contribution in [3.8, 4) is 0 Å².